The van der Waals surface area contributed by atoms with Gasteiger partial charge in [0, 0.05) is 16.2 Å². The molecule has 0 bridgehead atoms. The van der Waals surface area contributed by atoms with Gasteiger partial charge in [-0.05, 0) is 89.3 Å². The fourth-order valence-corrected chi connectivity index (χ4v) is 9.39. The molecule has 8 aromatic carbocycles. The van der Waals surface area contributed by atoms with E-state index in [0.29, 0.717) is 38.3 Å². The normalized spacial score (nSPS) is 13.2. The molecule has 242 valence electrons. The number of hydrogen-bond acceptors (Lipinski definition) is 1. The molecule has 1 aromatic heterocycles. The van der Waals surface area contributed by atoms with Crippen LogP contribution in [-0.2, 0) is 5.41 Å². The minimum atomic E-state index is -0.195. The van der Waals surface area contributed by atoms with Crippen LogP contribution in [0.4, 0.5) is 0 Å². The first-order chi connectivity index (χ1) is 26.9. The molecule has 56 heavy (non-hydrogen) atoms. The summed E-state index contributed by atoms with van der Waals surface area (Å²) in [5.74, 6) is 0. The third-order valence-electron chi connectivity index (χ3n) is 12.1. The monoisotopic (exact) mass is 692 g/mol. The molecule has 0 atom stereocenters. The highest BCUT2D eigenvalue weighted by Gasteiger charge is 2.37. The lowest BCUT2D eigenvalue weighted by molar-refractivity contribution is 0.662. The molecule has 16 radical (unpaired) electrons. The second kappa shape index (κ2) is 12.3. The highest BCUT2D eigenvalue weighted by Crippen LogP contribution is 2.52. The van der Waals surface area contributed by atoms with Gasteiger partial charge >= 0.3 is 0 Å². The van der Waals surface area contributed by atoms with Crippen molar-refractivity contribution in [1.29, 1.82) is 0 Å². The second-order valence-corrected chi connectivity index (χ2v) is 15.3. The third kappa shape index (κ3) is 4.61. The van der Waals surface area contributed by atoms with Crippen molar-refractivity contribution in [1.82, 2.24) is 0 Å². The zero-order valence-electron chi connectivity index (χ0n) is 30.9. The summed E-state index contributed by atoms with van der Waals surface area (Å²) >= 11 is 0. The van der Waals surface area contributed by atoms with Gasteiger partial charge in [-0.2, -0.15) is 0 Å². The predicted molar refractivity (Wildman–Crippen MR) is 246 cm³/mol. The molecule has 1 aliphatic rings. The lowest BCUT2D eigenvalue weighted by atomic mass is 9.59. The second-order valence-electron chi connectivity index (χ2n) is 15.3. The number of rotatable bonds is 3. The van der Waals surface area contributed by atoms with Crippen molar-refractivity contribution < 1.29 is 4.42 Å². The third-order valence-corrected chi connectivity index (χ3v) is 12.1. The van der Waals surface area contributed by atoms with Gasteiger partial charge in [0.25, 0.3) is 0 Å². The van der Waals surface area contributed by atoms with E-state index in [1.165, 1.54) is 22.3 Å². The molecule has 0 aliphatic heterocycles. The minimum absolute atomic E-state index is 0.164. The SMILES string of the molecule is [B]c1c([B])c([B])c2c(-c3cccc4oc5ccccc5c34)c3c([B])c([B])c([B])c([B])c3c(-c3ccc(-c4cccc5c4C(C)(C)c4ccccc4-5)cc3)c2c1[B]. The lowest BCUT2D eigenvalue weighted by Gasteiger charge is -2.29. The molecule has 10 rings (SSSR count). The smallest absolute Gasteiger partial charge is 0.136 e. The van der Waals surface area contributed by atoms with E-state index in [9.17, 15) is 0 Å². The Bertz CT molecular complexity index is 3110. The summed E-state index contributed by atoms with van der Waals surface area (Å²) < 4.78 is 6.33. The van der Waals surface area contributed by atoms with E-state index in [1.54, 1.807) is 0 Å². The number of furan rings is 1. The zero-order chi connectivity index (χ0) is 38.9. The topological polar surface area (TPSA) is 13.1 Å². The van der Waals surface area contributed by atoms with E-state index >= 15 is 0 Å². The first-order valence-corrected chi connectivity index (χ1v) is 18.4. The van der Waals surface area contributed by atoms with Gasteiger partial charge in [-0.1, -0.05) is 133 Å². The van der Waals surface area contributed by atoms with Crippen LogP contribution < -0.4 is 43.7 Å². The first-order valence-electron chi connectivity index (χ1n) is 18.4. The van der Waals surface area contributed by atoms with Gasteiger partial charge in [-0.3, -0.25) is 0 Å². The maximum absolute atomic E-state index is 7.05. The van der Waals surface area contributed by atoms with E-state index in [4.69, 9.17) is 67.2 Å². The van der Waals surface area contributed by atoms with E-state index in [-0.39, 0.29) is 49.1 Å². The fraction of sp³-hybridized carbons (Fsp3) is 0.0638. The molecule has 0 fully saturated rings. The molecular weight excluding hydrogens is 667 g/mol. The Kier molecular flexibility index (Phi) is 7.70. The Morgan fingerprint density at radius 1 is 0.375 bits per heavy atom. The van der Waals surface area contributed by atoms with Gasteiger partial charge in [0.1, 0.15) is 73.9 Å². The van der Waals surface area contributed by atoms with Crippen LogP contribution in [0.15, 0.2) is 114 Å². The summed E-state index contributed by atoms with van der Waals surface area (Å²) in [6.07, 6.45) is 0. The summed E-state index contributed by atoms with van der Waals surface area (Å²) in [5, 5.41) is 4.03. The van der Waals surface area contributed by atoms with Gasteiger partial charge in [-0.25, -0.2) is 0 Å². The van der Waals surface area contributed by atoms with Crippen molar-refractivity contribution in [3.05, 3.63) is 120 Å². The van der Waals surface area contributed by atoms with Crippen LogP contribution in [0.25, 0.3) is 88.0 Å². The molecule has 1 aliphatic carbocycles. The lowest BCUT2D eigenvalue weighted by Crippen LogP contribution is -2.50. The Hall–Kier alpha value is -5.40. The molecule has 0 amide bonds. The van der Waals surface area contributed by atoms with Crippen molar-refractivity contribution in [2.45, 2.75) is 19.3 Å². The van der Waals surface area contributed by atoms with Gasteiger partial charge < -0.3 is 4.42 Å². The summed E-state index contributed by atoms with van der Waals surface area (Å²) in [6.45, 7) is 4.57. The van der Waals surface area contributed by atoms with E-state index in [0.717, 1.165) is 38.6 Å². The molecule has 0 N–H and O–H groups in total. The average molecular weight is 691 g/mol. The quantitative estimate of drug-likeness (QED) is 0.204. The Labute approximate surface area is 336 Å². The zero-order valence-corrected chi connectivity index (χ0v) is 30.9. The number of para-hydroxylation sites is 1. The van der Waals surface area contributed by atoms with Crippen LogP contribution in [0.2, 0.25) is 0 Å². The largest absolute Gasteiger partial charge is 0.456 e. The summed E-state index contributed by atoms with van der Waals surface area (Å²) in [4.78, 5) is 0. The number of benzene rings is 8. The standard InChI is InChI=1S/C47H24B8O/c1-47(2)28-14-5-3-9-24(28)25-12-7-11-23(38(25)47)21-17-19-22(20-18-21)31-34-36(41(50)45(54)43(52)39(34)48)33(37-35(31)40(49)44(53)46(55)42(37)51)27-13-8-16-30-32(27)26-10-4-6-15-29(26)56-30/h3-20H,1-2H3. The highest BCUT2D eigenvalue weighted by atomic mass is 16.3. The Morgan fingerprint density at radius 2 is 0.839 bits per heavy atom. The summed E-state index contributed by atoms with van der Waals surface area (Å²) in [6, 6.07) is 37.2. The molecule has 0 spiro atoms. The molecular formula is C47H24B8O. The van der Waals surface area contributed by atoms with Crippen LogP contribution in [0, 0.1) is 0 Å². The van der Waals surface area contributed by atoms with Gasteiger partial charge in [-0.15, -0.1) is 21.9 Å². The van der Waals surface area contributed by atoms with Gasteiger partial charge in [0.15, 0.2) is 0 Å². The molecule has 9 heteroatoms. The van der Waals surface area contributed by atoms with Crippen molar-refractivity contribution >= 4 is 150 Å². The van der Waals surface area contributed by atoms with Gasteiger partial charge in [0.05, 0.1) is 0 Å². The van der Waals surface area contributed by atoms with Crippen LogP contribution in [-0.4, -0.2) is 62.8 Å². The average Bonchev–Trinajstić information content (AvgIpc) is 3.72. The van der Waals surface area contributed by atoms with Crippen LogP contribution in [0.5, 0.6) is 0 Å². The van der Waals surface area contributed by atoms with E-state index in [1.807, 2.05) is 42.5 Å². The molecule has 9 aromatic rings. The molecule has 0 unspecified atom stereocenters. The van der Waals surface area contributed by atoms with E-state index in [2.05, 4.69) is 80.6 Å². The van der Waals surface area contributed by atoms with Crippen molar-refractivity contribution in [2.24, 2.45) is 0 Å². The minimum Gasteiger partial charge on any atom is -0.456 e. The highest BCUT2D eigenvalue weighted by molar-refractivity contribution is 6.71. The fourth-order valence-electron chi connectivity index (χ4n) is 9.39. The van der Waals surface area contributed by atoms with Crippen molar-refractivity contribution in [3.8, 4) is 44.5 Å². The van der Waals surface area contributed by atoms with Crippen LogP contribution in [0.1, 0.15) is 25.0 Å². The maximum Gasteiger partial charge on any atom is 0.136 e. The van der Waals surface area contributed by atoms with Gasteiger partial charge in [0.2, 0.25) is 0 Å². The summed E-state index contributed by atoms with van der Waals surface area (Å²) in [5.41, 5.74) is 13.1. The molecule has 1 heterocycles. The summed E-state index contributed by atoms with van der Waals surface area (Å²) in [7, 11) is 54.9. The Balaban J connectivity index is 1.33. The van der Waals surface area contributed by atoms with Crippen molar-refractivity contribution in [3.63, 3.8) is 0 Å². The van der Waals surface area contributed by atoms with E-state index < -0.39 is 0 Å². The Morgan fingerprint density at radius 3 is 1.48 bits per heavy atom. The van der Waals surface area contributed by atoms with Crippen LogP contribution in [0.3, 0.4) is 0 Å². The number of fused-ring (bicyclic) bond motifs is 8. The predicted octanol–water partition coefficient (Wildman–Crippen LogP) is 3.55. The van der Waals surface area contributed by atoms with Crippen LogP contribution >= 0.6 is 0 Å². The number of hydrogen-bond donors (Lipinski definition) is 0. The molecule has 0 saturated carbocycles. The molecule has 0 saturated heterocycles. The van der Waals surface area contributed by atoms with Crippen molar-refractivity contribution in [2.75, 3.05) is 0 Å². The first kappa shape index (κ1) is 35.0. The molecule has 1 nitrogen and oxygen atoms in total. The maximum atomic E-state index is 7.05.